The van der Waals surface area contributed by atoms with Crippen LogP contribution in [-0.4, -0.2) is 42.9 Å². The molecule has 2 N–H and O–H groups in total. The minimum atomic E-state index is -3.11. The van der Waals surface area contributed by atoms with E-state index in [0.29, 0.717) is 25.3 Å². The van der Waals surface area contributed by atoms with Crippen molar-refractivity contribution in [2.24, 2.45) is 5.73 Å². The lowest BCUT2D eigenvalue weighted by molar-refractivity contribution is 0.309. The van der Waals surface area contributed by atoms with Gasteiger partial charge >= 0.3 is 0 Å². The molecule has 1 rings (SSSR count). The van der Waals surface area contributed by atoms with Crippen molar-refractivity contribution in [3.05, 3.63) is 22.6 Å². The maximum absolute atomic E-state index is 11.7. The topological polar surface area (TPSA) is 104 Å². The van der Waals surface area contributed by atoms with Crippen molar-refractivity contribution in [3.63, 3.8) is 0 Å². The number of ether oxygens (including phenoxy) is 1. The molecule has 0 aliphatic heterocycles. The van der Waals surface area contributed by atoms with Crippen LogP contribution < -0.4 is 16.0 Å². The van der Waals surface area contributed by atoms with Crippen molar-refractivity contribution in [1.29, 1.82) is 0 Å². The molecule has 0 saturated carbocycles. The van der Waals surface area contributed by atoms with E-state index >= 15 is 0 Å². The van der Waals surface area contributed by atoms with Gasteiger partial charge in [-0.15, -0.1) is 0 Å². The Balaban J connectivity index is 2.65. The molecule has 0 aromatic carbocycles. The Kier molecular flexibility index (Phi) is 5.97. The van der Waals surface area contributed by atoms with Gasteiger partial charge in [0.1, 0.15) is 5.75 Å². The van der Waals surface area contributed by atoms with Crippen LogP contribution >= 0.6 is 0 Å². The predicted molar refractivity (Wildman–Crippen MR) is 72.0 cm³/mol. The van der Waals surface area contributed by atoms with Gasteiger partial charge in [0, 0.05) is 11.8 Å². The van der Waals surface area contributed by atoms with Gasteiger partial charge in [-0.2, -0.15) is 5.10 Å². The molecule has 19 heavy (non-hydrogen) atoms. The number of nitrogens with two attached hydrogens (primary N) is 1. The Bertz CT molecular complexity index is 553. The highest BCUT2D eigenvalue weighted by Crippen LogP contribution is 2.03. The molecule has 108 valence electrons. The third-order valence-corrected chi connectivity index (χ3v) is 4.20. The highest BCUT2D eigenvalue weighted by atomic mass is 32.2. The molecule has 0 aliphatic rings. The first-order chi connectivity index (χ1) is 8.98. The summed E-state index contributed by atoms with van der Waals surface area (Å²) in [6.07, 6.45) is 2.09. The number of hydrogen-bond donors (Lipinski definition) is 1. The molecule has 0 unspecified atom stereocenters. The van der Waals surface area contributed by atoms with E-state index in [1.165, 1.54) is 12.3 Å². The molecule has 0 bridgehead atoms. The monoisotopic (exact) mass is 289 g/mol. The van der Waals surface area contributed by atoms with Gasteiger partial charge < -0.3 is 10.5 Å². The average molecular weight is 289 g/mol. The Morgan fingerprint density at radius 1 is 1.47 bits per heavy atom. The van der Waals surface area contributed by atoms with Crippen LogP contribution in [0.4, 0.5) is 0 Å². The molecule has 1 aromatic rings. The van der Waals surface area contributed by atoms with Crippen molar-refractivity contribution in [2.75, 3.05) is 24.7 Å². The minimum absolute atomic E-state index is 0.0537. The minimum Gasteiger partial charge on any atom is -0.492 e. The first kappa shape index (κ1) is 15.6. The van der Waals surface area contributed by atoms with Crippen LogP contribution in [0, 0.1) is 0 Å². The van der Waals surface area contributed by atoms with Gasteiger partial charge in [-0.25, -0.2) is 13.1 Å². The van der Waals surface area contributed by atoms with E-state index in [1.54, 1.807) is 6.92 Å². The summed E-state index contributed by atoms with van der Waals surface area (Å²) in [6.45, 7) is 2.56. The fourth-order valence-corrected chi connectivity index (χ4v) is 2.05. The van der Waals surface area contributed by atoms with Crippen LogP contribution in [0.3, 0.4) is 0 Å². The molecule has 0 fully saturated rings. The van der Waals surface area contributed by atoms with Gasteiger partial charge in [-0.1, -0.05) is 6.92 Å². The molecule has 0 saturated heterocycles. The third kappa shape index (κ3) is 5.39. The van der Waals surface area contributed by atoms with Gasteiger partial charge in [0.05, 0.1) is 25.1 Å². The van der Waals surface area contributed by atoms with Crippen molar-refractivity contribution in [3.8, 4) is 5.75 Å². The first-order valence-corrected chi connectivity index (χ1v) is 7.91. The van der Waals surface area contributed by atoms with Gasteiger partial charge in [-0.3, -0.25) is 4.79 Å². The summed E-state index contributed by atoms with van der Waals surface area (Å²) in [5, 5.41) is 3.88. The first-order valence-electron chi connectivity index (χ1n) is 6.09. The molecule has 0 amide bonds. The maximum Gasteiger partial charge on any atom is 0.270 e. The van der Waals surface area contributed by atoms with Crippen molar-refractivity contribution in [2.45, 2.75) is 19.9 Å². The van der Waals surface area contributed by atoms with E-state index in [-0.39, 0.29) is 23.6 Å². The lowest BCUT2D eigenvalue weighted by Gasteiger charge is -2.07. The highest BCUT2D eigenvalue weighted by molar-refractivity contribution is 7.91. The molecule has 0 radical (unpaired) electrons. The van der Waals surface area contributed by atoms with E-state index in [0.717, 1.165) is 4.68 Å². The molecular formula is C11H19N3O4S. The lowest BCUT2D eigenvalue weighted by Crippen LogP contribution is -2.26. The number of nitrogens with zero attached hydrogens (tertiary/aromatic N) is 2. The summed E-state index contributed by atoms with van der Waals surface area (Å²) in [7, 11) is -3.11. The molecule has 0 spiro atoms. The zero-order valence-electron chi connectivity index (χ0n) is 10.9. The second-order valence-corrected chi connectivity index (χ2v) is 6.45. The summed E-state index contributed by atoms with van der Waals surface area (Å²) in [4.78, 5) is 11.7. The fourth-order valence-electron chi connectivity index (χ4n) is 1.31. The van der Waals surface area contributed by atoms with Crippen LogP contribution in [-0.2, 0) is 16.4 Å². The normalized spacial score (nSPS) is 11.5. The number of rotatable bonds is 8. The highest BCUT2D eigenvalue weighted by Gasteiger charge is 2.09. The van der Waals surface area contributed by atoms with Crippen molar-refractivity contribution < 1.29 is 13.2 Å². The zero-order valence-corrected chi connectivity index (χ0v) is 11.7. The van der Waals surface area contributed by atoms with Gasteiger partial charge in [0.2, 0.25) is 0 Å². The van der Waals surface area contributed by atoms with E-state index in [9.17, 15) is 13.2 Å². The molecule has 1 heterocycles. The lowest BCUT2D eigenvalue weighted by atomic mass is 10.4. The Labute approximate surface area is 112 Å². The van der Waals surface area contributed by atoms with E-state index in [1.807, 2.05) is 0 Å². The molecule has 1 aromatic heterocycles. The molecule has 8 heteroatoms. The molecule has 0 atom stereocenters. The average Bonchev–Trinajstić information content (AvgIpc) is 2.38. The fraction of sp³-hybridized carbons (Fsp3) is 0.636. The SMILES string of the molecule is CCS(=O)(=O)CCn1ncc(OCCCN)cc1=O. The van der Waals surface area contributed by atoms with Crippen LogP contribution in [0.25, 0.3) is 0 Å². The van der Waals surface area contributed by atoms with Gasteiger partial charge in [0.25, 0.3) is 5.56 Å². The van der Waals surface area contributed by atoms with Crippen LogP contribution in [0.2, 0.25) is 0 Å². The molecule has 7 nitrogen and oxygen atoms in total. The number of sulfone groups is 1. The van der Waals surface area contributed by atoms with Gasteiger partial charge in [-0.05, 0) is 13.0 Å². The zero-order chi connectivity index (χ0) is 14.3. The molecule has 0 aliphatic carbocycles. The molecular weight excluding hydrogens is 270 g/mol. The standard InChI is InChI=1S/C11H19N3O4S/c1-2-19(16,17)7-5-14-11(15)8-10(9-13-14)18-6-3-4-12/h8-9H,2-7,12H2,1H3. The largest absolute Gasteiger partial charge is 0.492 e. The number of hydrogen-bond acceptors (Lipinski definition) is 6. The van der Waals surface area contributed by atoms with Gasteiger partial charge in [0.15, 0.2) is 9.84 Å². The van der Waals surface area contributed by atoms with E-state index in [4.69, 9.17) is 10.5 Å². The summed E-state index contributed by atoms with van der Waals surface area (Å²) in [6, 6.07) is 1.29. The smallest absolute Gasteiger partial charge is 0.270 e. The van der Waals surface area contributed by atoms with Crippen molar-refractivity contribution in [1.82, 2.24) is 9.78 Å². The van der Waals surface area contributed by atoms with E-state index < -0.39 is 9.84 Å². The summed E-state index contributed by atoms with van der Waals surface area (Å²) < 4.78 is 29.1. The van der Waals surface area contributed by atoms with Crippen LogP contribution in [0.1, 0.15) is 13.3 Å². The quantitative estimate of drug-likeness (QED) is 0.641. The number of aryl methyl sites for hydroxylation is 1. The summed E-state index contributed by atoms with van der Waals surface area (Å²) >= 11 is 0. The van der Waals surface area contributed by atoms with E-state index in [2.05, 4.69) is 5.10 Å². The Hall–Kier alpha value is -1.41. The Morgan fingerprint density at radius 2 is 2.21 bits per heavy atom. The number of aromatic nitrogens is 2. The third-order valence-electron chi connectivity index (χ3n) is 2.52. The summed E-state index contributed by atoms with van der Waals surface area (Å²) in [5.74, 6) is 0.333. The second-order valence-electron chi connectivity index (χ2n) is 3.98. The van der Waals surface area contributed by atoms with Crippen molar-refractivity contribution >= 4 is 9.84 Å². The summed E-state index contributed by atoms with van der Waals surface area (Å²) in [5.41, 5.74) is 4.94. The van der Waals surface area contributed by atoms with Crippen LogP contribution in [0.15, 0.2) is 17.1 Å². The second kappa shape index (κ2) is 7.25. The maximum atomic E-state index is 11.7. The predicted octanol–water partition coefficient (Wildman–Crippen LogP) is -0.594. The Morgan fingerprint density at radius 3 is 2.79 bits per heavy atom. The van der Waals surface area contributed by atoms with Crippen LogP contribution in [0.5, 0.6) is 5.75 Å².